The van der Waals surface area contributed by atoms with Crippen LogP contribution in [0, 0.1) is 12.8 Å². The van der Waals surface area contributed by atoms with Crippen molar-refractivity contribution in [2.45, 2.75) is 27.3 Å². The number of hydrogen-bond acceptors (Lipinski definition) is 3. The molecule has 0 saturated heterocycles. The average Bonchev–Trinajstić information content (AvgIpc) is 3.07. The number of aryl methyl sites for hydroxylation is 1. The van der Waals surface area contributed by atoms with Crippen LogP contribution < -0.4 is 5.50 Å². The van der Waals surface area contributed by atoms with Gasteiger partial charge in [-0.1, -0.05) is 25.4 Å². The zero-order valence-electron chi connectivity index (χ0n) is 13.5. The zero-order chi connectivity index (χ0) is 17.6. The fourth-order valence-corrected chi connectivity index (χ4v) is 3.28. The van der Waals surface area contributed by atoms with Crippen LogP contribution in [0.2, 0.25) is 5.02 Å². The molecule has 2 aromatic heterocycles. The summed E-state index contributed by atoms with van der Waals surface area (Å²) in [5.41, 5.74) is 2.16. The van der Waals surface area contributed by atoms with Crippen molar-refractivity contribution in [2.24, 2.45) is 5.92 Å². The summed E-state index contributed by atoms with van der Waals surface area (Å²) in [5, 5.41) is 0.624. The van der Waals surface area contributed by atoms with Crippen LogP contribution in [0.3, 0.4) is 0 Å². The summed E-state index contributed by atoms with van der Waals surface area (Å²) in [6.45, 7) is 6.76. The predicted molar refractivity (Wildman–Crippen MR) is 93.7 cm³/mol. The molecule has 0 spiro atoms. The van der Waals surface area contributed by atoms with E-state index >= 15 is 0 Å². The molecular formula is C16H18ClN2O4P. The molecule has 3 rings (SSSR count). The molecule has 0 aliphatic heterocycles. The van der Waals surface area contributed by atoms with Gasteiger partial charge in [0.15, 0.2) is 11.6 Å². The third-order valence-corrected chi connectivity index (χ3v) is 4.98. The van der Waals surface area contributed by atoms with Gasteiger partial charge < -0.3 is 18.8 Å². The third-order valence-electron chi connectivity index (χ3n) is 3.75. The molecule has 0 radical (unpaired) electrons. The minimum absolute atomic E-state index is 0.320. The van der Waals surface area contributed by atoms with Gasteiger partial charge in [0.05, 0.1) is 11.0 Å². The number of imidazole rings is 1. The van der Waals surface area contributed by atoms with E-state index in [0.29, 0.717) is 29.1 Å². The van der Waals surface area contributed by atoms with E-state index in [1.54, 1.807) is 0 Å². The standard InChI is InChI=1S/C16H18ClN2O4P/c1-9(2)8-19-12-5-4-11(17)10(3)15(12)18-16(19)13-6-7-14(23-13)24(20,21)22/h4-7,9H,8H2,1-3H3,(H2,20,21,22). The van der Waals surface area contributed by atoms with Gasteiger partial charge in [0.25, 0.3) is 0 Å². The summed E-state index contributed by atoms with van der Waals surface area (Å²) in [5.74, 6) is 1.21. The summed E-state index contributed by atoms with van der Waals surface area (Å²) >= 11 is 6.19. The van der Waals surface area contributed by atoms with Gasteiger partial charge in [-0.15, -0.1) is 0 Å². The number of rotatable bonds is 4. The van der Waals surface area contributed by atoms with Gasteiger partial charge in [0.2, 0.25) is 5.50 Å². The molecule has 0 aliphatic rings. The number of benzene rings is 1. The van der Waals surface area contributed by atoms with Gasteiger partial charge in [0, 0.05) is 11.6 Å². The van der Waals surface area contributed by atoms with Gasteiger partial charge >= 0.3 is 7.60 Å². The second-order valence-corrected chi connectivity index (χ2v) is 8.10. The van der Waals surface area contributed by atoms with E-state index in [1.165, 1.54) is 12.1 Å². The van der Waals surface area contributed by atoms with Crippen LogP contribution in [0.15, 0.2) is 28.7 Å². The van der Waals surface area contributed by atoms with Gasteiger partial charge in [-0.05, 0) is 42.7 Å². The Morgan fingerprint density at radius 1 is 1.29 bits per heavy atom. The summed E-state index contributed by atoms with van der Waals surface area (Å²) < 4.78 is 18.7. The highest BCUT2D eigenvalue weighted by molar-refractivity contribution is 7.59. The first-order chi connectivity index (χ1) is 11.2. The molecule has 8 heteroatoms. The minimum Gasteiger partial charge on any atom is -0.445 e. The number of halogens is 1. The first-order valence-electron chi connectivity index (χ1n) is 7.50. The minimum atomic E-state index is -4.44. The highest BCUT2D eigenvalue weighted by atomic mass is 35.5. The molecule has 0 fully saturated rings. The molecule has 128 valence electrons. The van der Waals surface area contributed by atoms with Crippen LogP contribution in [0.1, 0.15) is 19.4 Å². The lowest BCUT2D eigenvalue weighted by atomic mass is 10.2. The van der Waals surface area contributed by atoms with Crippen LogP contribution in [-0.2, 0) is 11.1 Å². The largest absolute Gasteiger partial charge is 0.445 e. The molecule has 0 atom stereocenters. The summed E-state index contributed by atoms with van der Waals surface area (Å²) in [6.07, 6.45) is 0. The van der Waals surface area contributed by atoms with Crippen LogP contribution >= 0.6 is 19.2 Å². The number of furan rings is 1. The normalized spacial score (nSPS) is 12.5. The first kappa shape index (κ1) is 17.2. The van der Waals surface area contributed by atoms with Gasteiger partial charge in [-0.25, -0.2) is 4.98 Å². The lowest BCUT2D eigenvalue weighted by Gasteiger charge is -2.11. The van der Waals surface area contributed by atoms with E-state index in [2.05, 4.69) is 18.8 Å². The molecule has 2 heterocycles. The van der Waals surface area contributed by atoms with Crippen molar-refractivity contribution < 1.29 is 18.8 Å². The van der Waals surface area contributed by atoms with E-state index in [9.17, 15) is 14.4 Å². The average molecular weight is 369 g/mol. The Morgan fingerprint density at radius 3 is 2.58 bits per heavy atom. The molecule has 3 aromatic rings. The molecule has 0 aliphatic carbocycles. The maximum Gasteiger partial charge on any atom is 0.391 e. The Bertz CT molecular complexity index is 955. The van der Waals surface area contributed by atoms with Crippen molar-refractivity contribution in [3.8, 4) is 11.6 Å². The van der Waals surface area contributed by atoms with E-state index in [-0.39, 0.29) is 5.50 Å². The maximum atomic E-state index is 11.4. The summed E-state index contributed by atoms with van der Waals surface area (Å²) in [4.78, 5) is 23.1. The molecule has 0 amide bonds. The monoisotopic (exact) mass is 368 g/mol. The third kappa shape index (κ3) is 3.03. The van der Waals surface area contributed by atoms with Crippen molar-refractivity contribution in [2.75, 3.05) is 0 Å². The SMILES string of the molecule is Cc1c(Cl)ccc2c1nc(-c1ccc(P(=O)(O)O)o1)n2CC(C)C. The molecule has 6 nitrogen and oxygen atoms in total. The van der Waals surface area contributed by atoms with Crippen molar-refractivity contribution in [3.05, 3.63) is 34.9 Å². The highest BCUT2D eigenvalue weighted by Gasteiger charge is 2.25. The second kappa shape index (κ2) is 6.05. The zero-order valence-corrected chi connectivity index (χ0v) is 15.2. The van der Waals surface area contributed by atoms with Crippen LogP contribution in [-0.4, -0.2) is 19.3 Å². The Labute approximate surface area is 144 Å². The summed E-state index contributed by atoms with van der Waals surface area (Å²) in [7, 11) is -4.44. The molecular weight excluding hydrogens is 351 g/mol. The van der Waals surface area contributed by atoms with Gasteiger partial charge in [-0.3, -0.25) is 4.57 Å². The Hall–Kier alpha value is -1.59. The quantitative estimate of drug-likeness (QED) is 0.685. The van der Waals surface area contributed by atoms with E-state index in [4.69, 9.17) is 16.0 Å². The maximum absolute atomic E-state index is 11.4. The lowest BCUT2D eigenvalue weighted by Crippen LogP contribution is -2.06. The first-order valence-corrected chi connectivity index (χ1v) is 9.49. The van der Waals surface area contributed by atoms with Crippen molar-refractivity contribution in [1.82, 2.24) is 9.55 Å². The molecule has 2 N–H and O–H groups in total. The van der Waals surface area contributed by atoms with Crippen molar-refractivity contribution in [3.63, 3.8) is 0 Å². The molecule has 0 saturated carbocycles. The number of hydrogen-bond donors (Lipinski definition) is 2. The van der Waals surface area contributed by atoms with Crippen LogP contribution in [0.4, 0.5) is 0 Å². The number of aromatic nitrogens is 2. The molecule has 1 aromatic carbocycles. The topological polar surface area (TPSA) is 88.5 Å². The van der Waals surface area contributed by atoms with Crippen LogP contribution in [0.25, 0.3) is 22.6 Å². The number of fused-ring (bicyclic) bond motifs is 1. The van der Waals surface area contributed by atoms with E-state index < -0.39 is 7.60 Å². The van der Waals surface area contributed by atoms with Crippen LogP contribution in [0.5, 0.6) is 0 Å². The Kier molecular flexibility index (Phi) is 4.34. The molecule has 0 bridgehead atoms. The molecule has 0 unspecified atom stereocenters. The van der Waals surface area contributed by atoms with E-state index in [1.807, 2.05) is 23.6 Å². The summed E-state index contributed by atoms with van der Waals surface area (Å²) in [6, 6.07) is 6.54. The number of nitrogens with zero attached hydrogens (tertiary/aromatic N) is 2. The van der Waals surface area contributed by atoms with Gasteiger partial charge in [-0.2, -0.15) is 0 Å². The fourth-order valence-electron chi connectivity index (χ4n) is 2.64. The molecule has 24 heavy (non-hydrogen) atoms. The fraction of sp³-hybridized carbons (Fsp3) is 0.312. The lowest BCUT2D eigenvalue weighted by molar-refractivity contribution is 0.377. The highest BCUT2D eigenvalue weighted by Crippen LogP contribution is 2.36. The van der Waals surface area contributed by atoms with E-state index in [0.717, 1.165) is 16.6 Å². The van der Waals surface area contributed by atoms with Gasteiger partial charge in [0.1, 0.15) is 0 Å². The Balaban J connectivity index is 2.24. The smallest absolute Gasteiger partial charge is 0.391 e. The van der Waals surface area contributed by atoms with Crippen molar-refractivity contribution in [1.29, 1.82) is 0 Å². The Morgan fingerprint density at radius 2 is 2.00 bits per heavy atom. The predicted octanol–water partition coefficient (Wildman–Crippen LogP) is 3.72. The second-order valence-electron chi connectivity index (χ2n) is 6.16. The van der Waals surface area contributed by atoms with Crippen molar-refractivity contribution >= 4 is 35.7 Å².